The van der Waals surface area contributed by atoms with E-state index in [1.807, 2.05) is 49.5 Å². The fraction of sp³-hybridized carbons (Fsp3) is 0.300. The van der Waals surface area contributed by atoms with E-state index in [0.29, 0.717) is 6.54 Å². The Kier molecular flexibility index (Phi) is 5.96. The van der Waals surface area contributed by atoms with E-state index in [2.05, 4.69) is 15.6 Å². The molecule has 2 aromatic carbocycles. The van der Waals surface area contributed by atoms with E-state index in [1.54, 1.807) is 10.7 Å². The van der Waals surface area contributed by atoms with Gasteiger partial charge in [0.1, 0.15) is 0 Å². The van der Waals surface area contributed by atoms with Crippen molar-refractivity contribution in [2.75, 3.05) is 19.0 Å². The number of para-hydroxylation sites is 2. The van der Waals surface area contributed by atoms with Gasteiger partial charge in [-0.1, -0.05) is 23.4 Å². The highest BCUT2D eigenvalue weighted by molar-refractivity contribution is 5.85. The van der Waals surface area contributed by atoms with Gasteiger partial charge in [0.2, 0.25) is 0 Å². The third-order valence-corrected chi connectivity index (χ3v) is 4.86. The molecule has 1 fully saturated rings. The summed E-state index contributed by atoms with van der Waals surface area (Å²) in [5.74, 6) is -1.39. The molecule has 3 aromatic rings. The molecule has 0 spiro atoms. The molecule has 1 saturated carbocycles. The van der Waals surface area contributed by atoms with Crippen LogP contribution in [-0.4, -0.2) is 35.1 Å². The molecule has 1 aromatic heterocycles. The third kappa shape index (κ3) is 4.15. The van der Waals surface area contributed by atoms with E-state index in [-0.39, 0.29) is 24.4 Å². The first-order valence-electron chi connectivity index (χ1n) is 8.89. The van der Waals surface area contributed by atoms with E-state index in [4.69, 9.17) is 0 Å². The Labute approximate surface area is 168 Å². The number of benzene rings is 2. The SMILES string of the molecule is CN(C)c1ccccc1-n1cc(CN[C@@H]2C[C@H]2c2ccc(F)c(F)c2)nn1.Cl. The Balaban J connectivity index is 0.00000225. The van der Waals surface area contributed by atoms with Gasteiger partial charge in [0.15, 0.2) is 11.6 Å². The van der Waals surface area contributed by atoms with Crippen molar-refractivity contribution in [1.82, 2.24) is 20.3 Å². The van der Waals surface area contributed by atoms with Crippen molar-refractivity contribution >= 4 is 18.1 Å². The summed E-state index contributed by atoms with van der Waals surface area (Å²) in [6.45, 7) is 0.578. The molecule has 148 valence electrons. The topological polar surface area (TPSA) is 46.0 Å². The predicted molar refractivity (Wildman–Crippen MR) is 107 cm³/mol. The van der Waals surface area contributed by atoms with Crippen molar-refractivity contribution in [3.8, 4) is 5.69 Å². The Morgan fingerprint density at radius 3 is 2.68 bits per heavy atom. The van der Waals surface area contributed by atoms with Crippen LogP contribution in [0.15, 0.2) is 48.7 Å². The van der Waals surface area contributed by atoms with Crippen molar-refractivity contribution in [3.63, 3.8) is 0 Å². The van der Waals surface area contributed by atoms with Gasteiger partial charge in [-0.25, -0.2) is 13.5 Å². The van der Waals surface area contributed by atoms with E-state index < -0.39 is 11.6 Å². The molecule has 4 rings (SSSR count). The average molecular weight is 406 g/mol. The molecule has 0 aliphatic heterocycles. The molecule has 8 heteroatoms. The number of halogens is 3. The Morgan fingerprint density at radius 2 is 1.93 bits per heavy atom. The number of anilines is 1. The van der Waals surface area contributed by atoms with Crippen molar-refractivity contribution < 1.29 is 8.78 Å². The monoisotopic (exact) mass is 405 g/mol. The third-order valence-electron chi connectivity index (χ3n) is 4.86. The standard InChI is InChI=1S/C20H21F2N5.ClH/c1-26(2)19-5-3-4-6-20(19)27-12-14(24-25-27)11-23-18-10-15(18)13-7-8-16(21)17(22)9-13;/h3-9,12,15,18,23H,10-11H2,1-2H3;1H/t15-,18+;/m0./s1. The fourth-order valence-corrected chi connectivity index (χ4v) is 3.30. The highest BCUT2D eigenvalue weighted by Gasteiger charge is 2.38. The van der Waals surface area contributed by atoms with Gasteiger partial charge in [0.05, 0.1) is 23.3 Å². The first-order chi connectivity index (χ1) is 13.0. The normalized spacial score (nSPS) is 17.9. The minimum Gasteiger partial charge on any atom is -0.376 e. The van der Waals surface area contributed by atoms with E-state index >= 15 is 0 Å². The van der Waals surface area contributed by atoms with Crippen LogP contribution in [0.3, 0.4) is 0 Å². The molecule has 2 atom stereocenters. The summed E-state index contributed by atoms with van der Waals surface area (Å²) in [5.41, 5.74) is 3.68. The van der Waals surface area contributed by atoms with E-state index in [1.165, 1.54) is 12.1 Å². The van der Waals surface area contributed by atoms with Gasteiger partial charge in [0.25, 0.3) is 0 Å². The summed E-state index contributed by atoms with van der Waals surface area (Å²) < 4.78 is 28.2. The second-order valence-corrected chi connectivity index (χ2v) is 7.04. The number of hydrogen-bond acceptors (Lipinski definition) is 4. The van der Waals surface area contributed by atoms with E-state index in [0.717, 1.165) is 29.1 Å². The molecule has 1 N–H and O–H groups in total. The van der Waals surface area contributed by atoms with Crippen LogP contribution >= 0.6 is 12.4 Å². The molecule has 1 aliphatic rings. The highest BCUT2D eigenvalue weighted by atomic mass is 35.5. The van der Waals surface area contributed by atoms with Gasteiger partial charge in [-0.05, 0) is 36.2 Å². The first-order valence-corrected chi connectivity index (χ1v) is 8.89. The summed E-state index contributed by atoms with van der Waals surface area (Å²) >= 11 is 0. The van der Waals surface area contributed by atoms with Crippen molar-refractivity contribution in [2.45, 2.75) is 24.9 Å². The molecule has 0 saturated heterocycles. The molecule has 0 unspecified atom stereocenters. The second kappa shape index (κ2) is 8.24. The van der Waals surface area contributed by atoms with Gasteiger partial charge < -0.3 is 10.2 Å². The number of hydrogen-bond donors (Lipinski definition) is 1. The average Bonchev–Trinajstić information content (AvgIpc) is 3.29. The molecular weight excluding hydrogens is 384 g/mol. The predicted octanol–water partition coefficient (Wildman–Crippen LogP) is 3.68. The van der Waals surface area contributed by atoms with Gasteiger partial charge >= 0.3 is 0 Å². The minimum atomic E-state index is -0.807. The number of aromatic nitrogens is 3. The van der Waals surface area contributed by atoms with Crippen LogP contribution in [0.1, 0.15) is 23.6 Å². The van der Waals surface area contributed by atoms with Crippen molar-refractivity contribution in [3.05, 3.63) is 71.6 Å². The van der Waals surface area contributed by atoms with Crippen molar-refractivity contribution in [1.29, 1.82) is 0 Å². The summed E-state index contributed by atoms with van der Waals surface area (Å²) in [4.78, 5) is 2.03. The van der Waals surface area contributed by atoms with Crippen LogP contribution in [0.25, 0.3) is 5.69 Å². The maximum absolute atomic E-state index is 13.4. The Hall–Kier alpha value is -2.51. The number of nitrogens with one attached hydrogen (secondary N) is 1. The molecular formula is C20H22ClF2N5. The van der Waals surface area contributed by atoms with Crippen molar-refractivity contribution in [2.24, 2.45) is 0 Å². The zero-order valence-electron chi connectivity index (χ0n) is 15.6. The second-order valence-electron chi connectivity index (χ2n) is 7.04. The molecule has 1 heterocycles. The minimum absolute atomic E-state index is 0. The first kappa shape index (κ1) is 20.2. The molecule has 0 amide bonds. The summed E-state index contributed by atoms with van der Waals surface area (Å²) in [5, 5.41) is 11.9. The smallest absolute Gasteiger partial charge is 0.159 e. The van der Waals surface area contributed by atoms with Gasteiger partial charge in [-0.15, -0.1) is 17.5 Å². The van der Waals surface area contributed by atoms with Crippen LogP contribution in [0.5, 0.6) is 0 Å². The summed E-state index contributed by atoms with van der Waals surface area (Å²) in [6.07, 6.45) is 2.81. The maximum Gasteiger partial charge on any atom is 0.159 e. The van der Waals surface area contributed by atoms with Gasteiger partial charge in [-0.2, -0.15) is 0 Å². The maximum atomic E-state index is 13.4. The molecule has 28 heavy (non-hydrogen) atoms. The summed E-state index contributed by atoms with van der Waals surface area (Å²) in [7, 11) is 3.98. The Bertz CT molecular complexity index is 959. The zero-order valence-corrected chi connectivity index (χ0v) is 16.5. The summed E-state index contributed by atoms with van der Waals surface area (Å²) in [6, 6.07) is 12.4. The molecule has 0 bridgehead atoms. The molecule has 0 radical (unpaired) electrons. The number of rotatable bonds is 6. The lowest BCUT2D eigenvalue weighted by molar-refractivity contribution is 0.506. The number of nitrogens with zero attached hydrogens (tertiary/aromatic N) is 4. The molecule has 5 nitrogen and oxygen atoms in total. The Morgan fingerprint density at radius 1 is 1.14 bits per heavy atom. The fourth-order valence-electron chi connectivity index (χ4n) is 3.30. The lowest BCUT2D eigenvalue weighted by Gasteiger charge is -2.16. The molecule has 1 aliphatic carbocycles. The van der Waals surface area contributed by atoms with E-state index in [9.17, 15) is 8.78 Å². The van der Waals surface area contributed by atoms with Crippen LogP contribution in [-0.2, 0) is 6.54 Å². The highest BCUT2D eigenvalue weighted by Crippen LogP contribution is 2.41. The van der Waals surface area contributed by atoms with Crippen LogP contribution in [0.4, 0.5) is 14.5 Å². The van der Waals surface area contributed by atoms with Crippen LogP contribution in [0, 0.1) is 11.6 Å². The van der Waals surface area contributed by atoms with Gasteiger partial charge in [0, 0.05) is 32.6 Å². The quantitative estimate of drug-likeness (QED) is 0.679. The largest absolute Gasteiger partial charge is 0.376 e. The zero-order chi connectivity index (χ0) is 19.0. The van der Waals surface area contributed by atoms with Gasteiger partial charge in [-0.3, -0.25) is 0 Å². The lowest BCUT2D eigenvalue weighted by Crippen LogP contribution is -2.17. The lowest BCUT2D eigenvalue weighted by atomic mass is 10.1. The van der Waals surface area contributed by atoms with Crippen LogP contribution in [0.2, 0.25) is 0 Å². The van der Waals surface area contributed by atoms with Crippen LogP contribution < -0.4 is 10.2 Å².